The van der Waals surface area contributed by atoms with E-state index in [4.69, 9.17) is 23.2 Å². The van der Waals surface area contributed by atoms with Gasteiger partial charge in [-0.1, -0.05) is 29.3 Å². The molecule has 0 spiro atoms. The van der Waals surface area contributed by atoms with Crippen LogP contribution >= 0.6 is 23.2 Å². The zero-order valence-electron chi connectivity index (χ0n) is 14.1. The molecule has 1 amide bonds. The minimum absolute atomic E-state index is 0.0349. The van der Waals surface area contributed by atoms with Crippen molar-refractivity contribution in [2.24, 2.45) is 0 Å². The quantitative estimate of drug-likeness (QED) is 0.575. The fourth-order valence-corrected chi connectivity index (χ4v) is 3.68. The molecule has 3 rings (SSSR count). The van der Waals surface area contributed by atoms with E-state index in [0.29, 0.717) is 10.7 Å². The highest BCUT2D eigenvalue weighted by molar-refractivity contribution is 7.92. The van der Waals surface area contributed by atoms with Crippen LogP contribution in [0.1, 0.15) is 10.4 Å². The maximum Gasteiger partial charge on any atom is 0.261 e. The van der Waals surface area contributed by atoms with Crippen molar-refractivity contribution >= 4 is 50.5 Å². The molecule has 0 unspecified atom stereocenters. The number of hydrogen-bond donors (Lipinski definition) is 2. The zero-order valence-corrected chi connectivity index (χ0v) is 16.4. The minimum atomic E-state index is -3.84. The number of carbonyl (C=O) groups is 1. The number of anilines is 2. The molecule has 0 bridgehead atoms. The summed E-state index contributed by atoms with van der Waals surface area (Å²) < 4.78 is 40.5. The molecule has 28 heavy (non-hydrogen) atoms. The van der Waals surface area contributed by atoms with E-state index in [9.17, 15) is 17.6 Å². The van der Waals surface area contributed by atoms with Gasteiger partial charge in [0.2, 0.25) is 0 Å². The standard InChI is InChI=1S/C19H13Cl2FN2O3S/c20-13-4-7-16(8-5-13)28(26,27)24-15-3-1-2-12(10-15)19(25)23-14-6-9-18(22)17(21)11-14/h1-11,24H,(H,23,25). The lowest BCUT2D eigenvalue weighted by Crippen LogP contribution is -2.15. The van der Waals surface area contributed by atoms with E-state index in [1.54, 1.807) is 0 Å². The first-order valence-electron chi connectivity index (χ1n) is 7.89. The number of rotatable bonds is 5. The molecule has 0 aliphatic rings. The molecule has 0 aromatic heterocycles. The molecular formula is C19H13Cl2FN2O3S. The van der Waals surface area contributed by atoms with Gasteiger partial charge < -0.3 is 5.32 Å². The summed E-state index contributed by atoms with van der Waals surface area (Å²) in [7, 11) is -3.84. The van der Waals surface area contributed by atoms with Crippen molar-refractivity contribution in [3.05, 3.63) is 88.2 Å². The second kappa shape index (κ2) is 8.18. The van der Waals surface area contributed by atoms with E-state index in [1.165, 1.54) is 60.7 Å². The van der Waals surface area contributed by atoms with E-state index in [2.05, 4.69) is 10.0 Å². The topological polar surface area (TPSA) is 75.3 Å². The summed E-state index contributed by atoms with van der Waals surface area (Å²) in [4.78, 5) is 12.4. The van der Waals surface area contributed by atoms with Crippen molar-refractivity contribution in [3.63, 3.8) is 0 Å². The molecule has 0 heterocycles. The molecule has 144 valence electrons. The summed E-state index contributed by atoms with van der Waals surface area (Å²) in [5.41, 5.74) is 0.722. The second-order valence-corrected chi connectivity index (χ2v) is 8.25. The van der Waals surface area contributed by atoms with E-state index >= 15 is 0 Å². The molecule has 0 aliphatic heterocycles. The highest BCUT2D eigenvalue weighted by Gasteiger charge is 2.15. The predicted octanol–water partition coefficient (Wildman–Crippen LogP) is 5.19. The van der Waals surface area contributed by atoms with Crippen LogP contribution in [0, 0.1) is 5.82 Å². The van der Waals surface area contributed by atoms with Crippen molar-refractivity contribution in [1.29, 1.82) is 0 Å². The van der Waals surface area contributed by atoms with Crippen molar-refractivity contribution in [2.75, 3.05) is 10.0 Å². The lowest BCUT2D eigenvalue weighted by Gasteiger charge is -2.10. The Morgan fingerprint density at radius 2 is 1.61 bits per heavy atom. The Bertz CT molecular complexity index is 1140. The third-order valence-electron chi connectivity index (χ3n) is 3.68. The number of halogens is 3. The van der Waals surface area contributed by atoms with Crippen LogP contribution in [-0.4, -0.2) is 14.3 Å². The SMILES string of the molecule is O=C(Nc1ccc(F)c(Cl)c1)c1cccc(NS(=O)(=O)c2ccc(Cl)cc2)c1. The molecule has 3 aromatic carbocycles. The van der Waals surface area contributed by atoms with Crippen molar-refractivity contribution in [3.8, 4) is 0 Å². The molecule has 0 saturated carbocycles. The predicted molar refractivity (Wildman–Crippen MR) is 108 cm³/mol. The first-order valence-corrected chi connectivity index (χ1v) is 10.1. The maximum atomic E-state index is 13.2. The number of nitrogens with one attached hydrogen (secondary N) is 2. The van der Waals surface area contributed by atoms with Crippen molar-refractivity contribution < 1.29 is 17.6 Å². The number of hydrogen-bond acceptors (Lipinski definition) is 3. The molecule has 0 fully saturated rings. The lowest BCUT2D eigenvalue weighted by molar-refractivity contribution is 0.102. The summed E-state index contributed by atoms with van der Waals surface area (Å²) in [5, 5.41) is 2.86. The van der Waals surface area contributed by atoms with Gasteiger partial charge in [-0.2, -0.15) is 0 Å². The number of carbonyl (C=O) groups excluding carboxylic acids is 1. The van der Waals surface area contributed by atoms with Crippen LogP contribution in [0.15, 0.2) is 71.6 Å². The molecule has 2 N–H and O–H groups in total. The third kappa shape index (κ3) is 4.81. The van der Waals surface area contributed by atoms with E-state index in [1.807, 2.05) is 0 Å². The zero-order chi connectivity index (χ0) is 20.3. The van der Waals surface area contributed by atoms with Crippen molar-refractivity contribution in [1.82, 2.24) is 0 Å². The van der Waals surface area contributed by atoms with E-state index < -0.39 is 21.7 Å². The summed E-state index contributed by atoms with van der Waals surface area (Å²) in [6.07, 6.45) is 0. The highest BCUT2D eigenvalue weighted by atomic mass is 35.5. The molecule has 3 aromatic rings. The van der Waals surface area contributed by atoms with Gasteiger partial charge in [0.25, 0.3) is 15.9 Å². The Balaban J connectivity index is 1.78. The van der Waals surface area contributed by atoms with E-state index in [0.717, 1.165) is 6.07 Å². The summed E-state index contributed by atoms with van der Waals surface area (Å²) in [6, 6.07) is 15.4. The van der Waals surface area contributed by atoms with Gasteiger partial charge in [0.05, 0.1) is 9.92 Å². The average molecular weight is 439 g/mol. The molecule has 0 radical (unpaired) electrons. The van der Waals surface area contributed by atoms with Gasteiger partial charge in [-0.15, -0.1) is 0 Å². The van der Waals surface area contributed by atoms with Gasteiger partial charge in [0.15, 0.2) is 0 Å². The molecule has 0 saturated heterocycles. The molecule has 0 atom stereocenters. The van der Waals surface area contributed by atoms with Crippen LogP contribution in [-0.2, 0) is 10.0 Å². The average Bonchev–Trinajstić information content (AvgIpc) is 2.65. The van der Waals surface area contributed by atoms with Gasteiger partial charge in [-0.3, -0.25) is 9.52 Å². The largest absolute Gasteiger partial charge is 0.322 e. The Morgan fingerprint density at radius 3 is 2.29 bits per heavy atom. The Labute approximate surface area is 171 Å². The monoisotopic (exact) mass is 438 g/mol. The van der Waals surface area contributed by atoms with Gasteiger partial charge in [0, 0.05) is 22.0 Å². The number of benzene rings is 3. The van der Waals surface area contributed by atoms with Gasteiger partial charge in [-0.25, -0.2) is 12.8 Å². The van der Waals surface area contributed by atoms with Crippen LogP contribution in [0.5, 0.6) is 0 Å². The molecule has 5 nitrogen and oxygen atoms in total. The van der Waals surface area contributed by atoms with Crippen LogP contribution in [0.25, 0.3) is 0 Å². The summed E-state index contributed by atoms with van der Waals surface area (Å²) in [5.74, 6) is -1.10. The number of sulfonamides is 1. The Kier molecular flexibility index (Phi) is 5.88. The maximum absolute atomic E-state index is 13.2. The highest BCUT2D eigenvalue weighted by Crippen LogP contribution is 2.22. The van der Waals surface area contributed by atoms with Crippen LogP contribution in [0.4, 0.5) is 15.8 Å². The molecular weight excluding hydrogens is 426 g/mol. The Morgan fingerprint density at radius 1 is 0.893 bits per heavy atom. The minimum Gasteiger partial charge on any atom is -0.322 e. The number of amides is 1. The summed E-state index contributed by atoms with van der Waals surface area (Å²) in [6.45, 7) is 0. The molecule has 0 aliphatic carbocycles. The fourth-order valence-electron chi connectivity index (χ4n) is 2.33. The van der Waals surface area contributed by atoms with Crippen LogP contribution in [0.3, 0.4) is 0 Å². The van der Waals surface area contributed by atoms with Crippen LogP contribution in [0.2, 0.25) is 10.0 Å². The van der Waals surface area contributed by atoms with Crippen LogP contribution < -0.4 is 10.0 Å². The first kappa shape index (κ1) is 20.1. The first-order chi connectivity index (χ1) is 13.2. The fraction of sp³-hybridized carbons (Fsp3) is 0. The summed E-state index contributed by atoms with van der Waals surface area (Å²) >= 11 is 11.5. The second-order valence-electron chi connectivity index (χ2n) is 5.72. The third-order valence-corrected chi connectivity index (χ3v) is 5.62. The van der Waals surface area contributed by atoms with E-state index in [-0.39, 0.29) is 21.2 Å². The van der Waals surface area contributed by atoms with Gasteiger partial charge >= 0.3 is 0 Å². The van der Waals surface area contributed by atoms with Gasteiger partial charge in [0.1, 0.15) is 5.82 Å². The normalized spacial score (nSPS) is 11.1. The Hall–Kier alpha value is -2.61. The lowest BCUT2D eigenvalue weighted by atomic mass is 10.2. The van der Waals surface area contributed by atoms with Gasteiger partial charge in [-0.05, 0) is 60.7 Å². The molecule has 9 heteroatoms. The smallest absolute Gasteiger partial charge is 0.261 e. The van der Waals surface area contributed by atoms with Crippen molar-refractivity contribution in [2.45, 2.75) is 4.90 Å².